The summed E-state index contributed by atoms with van der Waals surface area (Å²) in [5, 5.41) is 10.4. The second kappa shape index (κ2) is 7.59. The molecule has 4 aromatic rings. The number of ether oxygens (including phenoxy) is 2. The number of aromatic nitrogens is 3. The topological polar surface area (TPSA) is 80.6 Å². The molecule has 7 nitrogen and oxygen atoms in total. The molecule has 146 valence electrons. The maximum atomic E-state index is 14.6. The summed E-state index contributed by atoms with van der Waals surface area (Å²) in [7, 11) is 3.43. The second-order valence-corrected chi connectivity index (χ2v) is 6.20. The number of rotatable bonds is 5. The van der Waals surface area contributed by atoms with Crippen LogP contribution in [-0.2, 0) is 0 Å². The van der Waals surface area contributed by atoms with Crippen LogP contribution in [0.25, 0.3) is 10.9 Å². The van der Waals surface area contributed by atoms with Crippen LogP contribution in [0.5, 0.6) is 23.4 Å². The summed E-state index contributed by atoms with van der Waals surface area (Å²) in [6.07, 6.45) is 2.98. The van der Waals surface area contributed by atoms with E-state index in [9.17, 15) is 9.50 Å². The molecule has 0 fully saturated rings. The fourth-order valence-corrected chi connectivity index (χ4v) is 2.82. The van der Waals surface area contributed by atoms with E-state index in [4.69, 9.17) is 9.47 Å². The molecule has 0 spiro atoms. The summed E-state index contributed by atoms with van der Waals surface area (Å²) >= 11 is 0. The molecular weight excluding hydrogens is 375 g/mol. The zero-order valence-electron chi connectivity index (χ0n) is 15.7. The Bertz CT molecular complexity index is 1170. The van der Waals surface area contributed by atoms with Crippen molar-refractivity contribution in [3.8, 4) is 23.4 Å². The van der Waals surface area contributed by atoms with Crippen molar-refractivity contribution in [3.05, 3.63) is 66.7 Å². The van der Waals surface area contributed by atoms with Crippen LogP contribution in [-0.4, -0.2) is 34.2 Å². The average Bonchev–Trinajstić information content (AvgIpc) is 2.75. The largest absolute Gasteiger partial charge is 0.497 e. The number of anilines is 2. The number of pyridine rings is 1. The lowest BCUT2D eigenvalue weighted by molar-refractivity contribution is 0.394. The first-order valence-corrected chi connectivity index (χ1v) is 8.71. The molecule has 1 N–H and O–H groups in total. The van der Waals surface area contributed by atoms with E-state index < -0.39 is 5.82 Å². The second-order valence-electron chi connectivity index (χ2n) is 6.20. The Morgan fingerprint density at radius 1 is 1.00 bits per heavy atom. The number of hydrogen-bond acceptors (Lipinski definition) is 7. The monoisotopic (exact) mass is 392 g/mol. The van der Waals surface area contributed by atoms with Crippen molar-refractivity contribution in [2.45, 2.75) is 0 Å². The molecule has 0 aliphatic carbocycles. The Hall–Kier alpha value is -3.94. The molecule has 0 saturated heterocycles. The molecule has 0 radical (unpaired) electrons. The third-order valence-electron chi connectivity index (χ3n) is 4.42. The Labute approximate surface area is 166 Å². The van der Waals surface area contributed by atoms with Crippen LogP contribution in [0.2, 0.25) is 0 Å². The summed E-state index contributed by atoms with van der Waals surface area (Å²) in [5.74, 6) is -0.161. The van der Waals surface area contributed by atoms with Gasteiger partial charge in [-0.15, -0.1) is 0 Å². The SMILES string of the molecule is COc1ccc(N(C)c2ccc(Oc3nc(O)c4ccncc4n3)c(F)c2)cc1. The van der Waals surface area contributed by atoms with Crippen molar-refractivity contribution in [2.75, 3.05) is 19.1 Å². The fraction of sp³-hybridized carbons (Fsp3) is 0.0952. The molecule has 0 aliphatic heterocycles. The molecule has 0 bridgehead atoms. The predicted octanol–water partition coefficient (Wildman–Crippen LogP) is 4.44. The van der Waals surface area contributed by atoms with Gasteiger partial charge in [0.1, 0.15) is 5.75 Å². The van der Waals surface area contributed by atoms with E-state index in [1.165, 1.54) is 24.5 Å². The van der Waals surface area contributed by atoms with Crippen molar-refractivity contribution < 1.29 is 19.0 Å². The molecular formula is C21H17FN4O3. The van der Waals surface area contributed by atoms with E-state index in [-0.39, 0.29) is 17.6 Å². The van der Waals surface area contributed by atoms with Crippen molar-refractivity contribution >= 4 is 22.3 Å². The molecule has 4 rings (SSSR count). The molecule has 0 unspecified atom stereocenters. The molecule has 2 aromatic carbocycles. The third kappa shape index (κ3) is 3.73. The average molecular weight is 392 g/mol. The molecule has 2 aromatic heterocycles. The standard InChI is InChI=1S/C21H17FN4O3/c1-26(13-3-6-15(28-2)7-4-13)14-5-8-19(17(22)11-14)29-21-24-18-12-23-10-9-16(18)20(27)25-21/h3-12H,1-2H3,(H,24,25,27). The minimum absolute atomic E-state index is 0.0560. The minimum atomic E-state index is -0.586. The normalized spacial score (nSPS) is 10.7. The summed E-state index contributed by atoms with van der Waals surface area (Å²) in [6.45, 7) is 0. The first-order valence-electron chi connectivity index (χ1n) is 8.71. The number of benzene rings is 2. The quantitative estimate of drug-likeness (QED) is 0.538. The zero-order chi connectivity index (χ0) is 20.4. The Morgan fingerprint density at radius 2 is 1.76 bits per heavy atom. The van der Waals surface area contributed by atoms with Crippen LogP contribution in [0.15, 0.2) is 60.9 Å². The first kappa shape index (κ1) is 18.4. The molecule has 8 heteroatoms. The number of aromatic hydroxyl groups is 1. The van der Waals surface area contributed by atoms with Crippen molar-refractivity contribution in [3.63, 3.8) is 0 Å². The minimum Gasteiger partial charge on any atom is -0.497 e. The van der Waals surface area contributed by atoms with Gasteiger partial charge in [-0.3, -0.25) is 4.98 Å². The predicted molar refractivity (Wildman–Crippen MR) is 107 cm³/mol. The molecule has 2 heterocycles. The lowest BCUT2D eigenvalue weighted by Gasteiger charge is -2.20. The van der Waals surface area contributed by atoms with Crippen LogP contribution < -0.4 is 14.4 Å². The molecule has 0 atom stereocenters. The van der Waals surface area contributed by atoms with Crippen molar-refractivity contribution in [1.29, 1.82) is 0 Å². The van der Waals surface area contributed by atoms with E-state index in [2.05, 4.69) is 15.0 Å². The van der Waals surface area contributed by atoms with Gasteiger partial charge in [0.15, 0.2) is 11.6 Å². The van der Waals surface area contributed by atoms with Crippen LogP contribution >= 0.6 is 0 Å². The van der Waals surface area contributed by atoms with Crippen molar-refractivity contribution in [2.24, 2.45) is 0 Å². The molecule has 29 heavy (non-hydrogen) atoms. The van der Waals surface area contributed by atoms with E-state index >= 15 is 0 Å². The zero-order valence-corrected chi connectivity index (χ0v) is 15.7. The van der Waals surface area contributed by atoms with E-state index in [0.29, 0.717) is 16.6 Å². The van der Waals surface area contributed by atoms with Crippen LogP contribution in [0, 0.1) is 5.82 Å². The maximum absolute atomic E-state index is 14.6. The highest BCUT2D eigenvalue weighted by atomic mass is 19.1. The highest BCUT2D eigenvalue weighted by molar-refractivity contribution is 5.82. The van der Waals surface area contributed by atoms with Gasteiger partial charge in [-0.05, 0) is 42.5 Å². The third-order valence-corrected chi connectivity index (χ3v) is 4.42. The Morgan fingerprint density at radius 3 is 2.48 bits per heavy atom. The van der Waals surface area contributed by atoms with E-state index in [1.54, 1.807) is 19.2 Å². The highest BCUT2D eigenvalue weighted by Gasteiger charge is 2.13. The summed E-state index contributed by atoms with van der Waals surface area (Å²) in [4.78, 5) is 13.8. The van der Waals surface area contributed by atoms with Gasteiger partial charge < -0.3 is 19.5 Å². The van der Waals surface area contributed by atoms with E-state index in [0.717, 1.165) is 11.4 Å². The maximum Gasteiger partial charge on any atom is 0.326 e. The van der Waals surface area contributed by atoms with E-state index in [1.807, 2.05) is 36.2 Å². The van der Waals surface area contributed by atoms with Gasteiger partial charge in [-0.25, -0.2) is 4.39 Å². The van der Waals surface area contributed by atoms with Crippen LogP contribution in [0.1, 0.15) is 0 Å². The van der Waals surface area contributed by atoms with Crippen molar-refractivity contribution in [1.82, 2.24) is 15.0 Å². The van der Waals surface area contributed by atoms with Gasteiger partial charge >= 0.3 is 6.01 Å². The van der Waals surface area contributed by atoms with Crippen LogP contribution in [0.4, 0.5) is 15.8 Å². The first-order chi connectivity index (χ1) is 14.0. The summed E-state index contributed by atoms with van der Waals surface area (Å²) < 4.78 is 25.2. The fourth-order valence-electron chi connectivity index (χ4n) is 2.82. The number of nitrogens with zero attached hydrogens (tertiary/aromatic N) is 4. The Balaban J connectivity index is 1.58. The number of halogens is 1. The lowest BCUT2D eigenvalue weighted by Crippen LogP contribution is -2.09. The van der Waals surface area contributed by atoms with Gasteiger partial charge in [0.2, 0.25) is 5.88 Å². The molecule has 0 saturated carbocycles. The van der Waals surface area contributed by atoms with Gasteiger partial charge in [0, 0.05) is 30.7 Å². The molecule has 0 aliphatic rings. The van der Waals surface area contributed by atoms with Gasteiger partial charge in [0.25, 0.3) is 0 Å². The number of methoxy groups -OCH3 is 1. The van der Waals surface area contributed by atoms with Crippen LogP contribution in [0.3, 0.4) is 0 Å². The number of fused-ring (bicyclic) bond motifs is 1. The highest BCUT2D eigenvalue weighted by Crippen LogP contribution is 2.31. The molecule has 0 amide bonds. The number of hydrogen-bond donors (Lipinski definition) is 1. The van der Waals surface area contributed by atoms with Gasteiger partial charge in [-0.1, -0.05) is 0 Å². The smallest absolute Gasteiger partial charge is 0.326 e. The van der Waals surface area contributed by atoms with Gasteiger partial charge in [-0.2, -0.15) is 9.97 Å². The Kier molecular flexibility index (Phi) is 4.82. The summed E-state index contributed by atoms with van der Waals surface area (Å²) in [6, 6.07) is 13.4. The summed E-state index contributed by atoms with van der Waals surface area (Å²) in [5.41, 5.74) is 1.90. The lowest BCUT2D eigenvalue weighted by atomic mass is 10.2. The van der Waals surface area contributed by atoms with Gasteiger partial charge in [0.05, 0.1) is 24.2 Å².